The van der Waals surface area contributed by atoms with E-state index in [0.29, 0.717) is 34.8 Å². The van der Waals surface area contributed by atoms with Gasteiger partial charge in [0.05, 0.1) is 39.9 Å². The highest BCUT2D eigenvalue weighted by Gasteiger charge is 2.34. The molecule has 31 heavy (non-hydrogen) atoms. The lowest BCUT2D eigenvalue weighted by atomic mass is 10.1. The van der Waals surface area contributed by atoms with Crippen molar-refractivity contribution in [2.45, 2.75) is 38.1 Å². The SMILES string of the molecule is Cc1nn(C2CCS(=O)(=O)C2)c2nc(C3CC3)cc(C(=O)Nc3ccc(F)cc3F)c12. The van der Waals surface area contributed by atoms with Gasteiger partial charge in [0.15, 0.2) is 15.5 Å². The molecule has 2 aliphatic rings. The second kappa shape index (κ2) is 7.08. The van der Waals surface area contributed by atoms with Crippen LogP contribution in [0.5, 0.6) is 0 Å². The molecule has 2 fully saturated rings. The summed E-state index contributed by atoms with van der Waals surface area (Å²) in [6, 6.07) is 4.30. The van der Waals surface area contributed by atoms with E-state index in [1.54, 1.807) is 17.7 Å². The molecule has 3 aromatic rings. The minimum atomic E-state index is -3.13. The van der Waals surface area contributed by atoms with Gasteiger partial charge in [-0.3, -0.25) is 4.79 Å². The van der Waals surface area contributed by atoms with Crippen LogP contribution in [0, 0.1) is 18.6 Å². The minimum Gasteiger partial charge on any atom is -0.319 e. The van der Waals surface area contributed by atoms with Crippen molar-refractivity contribution >= 4 is 32.5 Å². The Labute approximate surface area is 177 Å². The van der Waals surface area contributed by atoms with Crippen molar-refractivity contribution in [1.82, 2.24) is 14.8 Å². The number of anilines is 1. The molecule has 5 rings (SSSR count). The second-order valence-corrected chi connectivity index (χ2v) is 10.5. The van der Waals surface area contributed by atoms with Crippen molar-refractivity contribution in [2.24, 2.45) is 0 Å². The number of fused-ring (bicyclic) bond motifs is 1. The maximum absolute atomic E-state index is 14.1. The number of carbonyl (C=O) groups is 1. The molecule has 162 valence electrons. The van der Waals surface area contributed by atoms with Crippen molar-refractivity contribution in [3.63, 3.8) is 0 Å². The van der Waals surface area contributed by atoms with E-state index in [1.165, 1.54) is 6.07 Å². The molecule has 1 saturated heterocycles. The quantitative estimate of drug-likeness (QED) is 0.662. The van der Waals surface area contributed by atoms with Crippen molar-refractivity contribution in [1.29, 1.82) is 0 Å². The Morgan fingerprint density at radius 3 is 2.61 bits per heavy atom. The van der Waals surface area contributed by atoms with Crippen molar-refractivity contribution in [3.8, 4) is 0 Å². The molecule has 0 radical (unpaired) electrons. The van der Waals surface area contributed by atoms with Crippen LogP contribution < -0.4 is 5.32 Å². The van der Waals surface area contributed by atoms with Crippen LogP contribution in [-0.2, 0) is 9.84 Å². The number of aryl methyl sites for hydroxylation is 1. The van der Waals surface area contributed by atoms with E-state index in [0.717, 1.165) is 24.6 Å². The molecule has 1 atom stereocenters. The number of aromatic nitrogens is 3. The van der Waals surface area contributed by atoms with Crippen LogP contribution in [0.4, 0.5) is 14.5 Å². The lowest BCUT2D eigenvalue weighted by Gasteiger charge is -2.12. The van der Waals surface area contributed by atoms with Gasteiger partial charge in [-0.2, -0.15) is 5.10 Å². The van der Waals surface area contributed by atoms with Gasteiger partial charge in [0.25, 0.3) is 5.91 Å². The summed E-state index contributed by atoms with van der Waals surface area (Å²) in [4.78, 5) is 17.8. The van der Waals surface area contributed by atoms with Crippen LogP contribution >= 0.6 is 0 Å². The fourth-order valence-corrected chi connectivity index (χ4v) is 5.80. The fourth-order valence-electron chi connectivity index (χ4n) is 4.10. The molecule has 3 heterocycles. The summed E-state index contributed by atoms with van der Waals surface area (Å²) in [7, 11) is -3.13. The van der Waals surface area contributed by atoms with Crippen LogP contribution in [0.25, 0.3) is 11.0 Å². The van der Waals surface area contributed by atoms with Gasteiger partial charge in [-0.05, 0) is 44.4 Å². The lowest BCUT2D eigenvalue weighted by molar-refractivity contribution is 0.102. The van der Waals surface area contributed by atoms with Gasteiger partial charge < -0.3 is 5.32 Å². The third-order valence-corrected chi connectivity index (χ3v) is 7.58. The van der Waals surface area contributed by atoms with Gasteiger partial charge in [0.2, 0.25) is 0 Å². The third kappa shape index (κ3) is 3.69. The van der Waals surface area contributed by atoms with E-state index < -0.39 is 27.4 Å². The van der Waals surface area contributed by atoms with Crippen LogP contribution in [0.1, 0.15) is 53.0 Å². The van der Waals surface area contributed by atoms with Crippen molar-refractivity contribution in [3.05, 3.63) is 52.9 Å². The first-order valence-electron chi connectivity index (χ1n) is 10.1. The molecule has 1 saturated carbocycles. The number of amides is 1. The molecule has 2 aromatic heterocycles. The average molecular weight is 446 g/mol. The van der Waals surface area contributed by atoms with Crippen LogP contribution in [0.2, 0.25) is 0 Å². The zero-order valence-electron chi connectivity index (χ0n) is 16.7. The first kappa shape index (κ1) is 20.0. The van der Waals surface area contributed by atoms with Crippen LogP contribution in [0.3, 0.4) is 0 Å². The maximum Gasteiger partial charge on any atom is 0.256 e. The van der Waals surface area contributed by atoms with E-state index >= 15 is 0 Å². The summed E-state index contributed by atoms with van der Waals surface area (Å²) >= 11 is 0. The smallest absolute Gasteiger partial charge is 0.256 e. The largest absolute Gasteiger partial charge is 0.319 e. The molecule has 1 aliphatic carbocycles. The second-order valence-electron chi connectivity index (χ2n) is 8.23. The minimum absolute atomic E-state index is 0.0130. The monoisotopic (exact) mass is 446 g/mol. The normalized spacial score (nSPS) is 20.3. The number of pyridine rings is 1. The number of sulfone groups is 1. The zero-order valence-corrected chi connectivity index (χ0v) is 17.5. The number of carbonyl (C=O) groups excluding carboxylic acids is 1. The highest BCUT2D eigenvalue weighted by molar-refractivity contribution is 7.91. The molecule has 10 heteroatoms. The summed E-state index contributed by atoms with van der Waals surface area (Å²) in [5, 5.41) is 7.54. The topological polar surface area (TPSA) is 93.9 Å². The molecule has 0 bridgehead atoms. The Morgan fingerprint density at radius 1 is 1.19 bits per heavy atom. The summed E-state index contributed by atoms with van der Waals surface area (Å²) < 4.78 is 52.9. The number of benzene rings is 1. The van der Waals surface area contributed by atoms with E-state index in [9.17, 15) is 22.0 Å². The molecular weight excluding hydrogens is 426 g/mol. The van der Waals surface area contributed by atoms with Gasteiger partial charge in [-0.25, -0.2) is 26.9 Å². The van der Waals surface area contributed by atoms with E-state index in [2.05, 4.69) is 10.4 Å². The Hall–Kier alpha value is -2.88. The predicted octanol–water partition coefficient (Wildman–Crippen LogP) is 3.51. The Morgan fingerprint density at radius 2 is 1.97 bits per heavy atom. The van der Waals surface area contributed by atoms with Gasteiger partial charge in [0, 0.05) is 17.7 Å². The molecule has 1 unspecified atom stereocenters. The average Bonchev–Trinajstić information content (AvgIpc) is 3.43. The molecule has 1 aliphatic heterocycles. The highest BCUT2D eigenvalue weighted by atomic mass is 32.2. The lowest BCUT2D eigenvalue weighted by Crippen LogP contribution is -2.16. The molecule has 1 amide bonds. The number of rotatable bonds is 4. The highest BCUT2D eigenvalue weighted by Crippen LogP contribution is 2.41. The first-order chi connectivity index (χ1) is 14.7. The molecule has 0 spiro atoms. The standard InChI is InChI=1S/C21H20F2N4O3S/c1-11-19-15(21(28)25-17-5-4-13(22)8-16(17)23)9-18(12-2-3-12)24-20(19)27(26-11)14-6-7-31(29,30)10-14/h4-5,8-9,12,14H,2-3,6-7,10H2,1H3,(H,25,28). The van der Waals surface area contributed by atoms with E-state index in [-0.39, 0.29) is 29.2 Å². The van der Waals surface area contributed by atoms with Crippen molar-refractivity contribution < 1.29 is 22.0 Å². The van der Waals surface area contributed by atoms with Crippen molar-refractivity contribution in [2.75, 3.05) is 16.8 Å². The van der Waals surface area contributed by atoms with Gasteiger partial charge in [-0.15, -0.1) is 0 Å². The predicted molar refractivity (Wildman–Crippen MR) is 111 cm³/mol. The Kier molecular flexibility index (Phi) is 4.58. The summed E-state index contributed by atoms with van der Waals surface area (Å²) in [6.07, 6.45) is 2.35. The number of hydrogen-bond acceptors (Lipinski definition) is 5. The summed E-state index contributed by atoms with van der Waals surface area (Å²) in [5.41, 5.74) is 1.91. The number of hydrogen-bond donors (Lipinski definition) is 1. The molecule has 1 aromatic carbocycles. The number of nitrogens with one attached hydrogen (secondary N) is 1. The van der Waals surface area contributed by atoms with E-state index in [4.69, 9.17) is 4.98 Å². The molecule has 1 N–H and O–H groups in total. The van der Waals surface area contributed by atoms with Crippen LogP contribution in [-0.4, -0.2) is 40.6 Å². The van der Waals surface area contributed by atoms with Crippen LogP contribution in [0.15, 0.2) is 24.3 Å². The third-order valence-electron chi connectivity index (χ3n) is 5.83. The number of halogens is 2. The first-order valence-corrected chi connectivity index (χ1v) is 11.9. The Bertz CT molecular complexity index is 1330. The van der Waals surface area contributed by atoms with Gasteiger partial charge in [0.1, 0.15) is 11.6 Å². The maximum atomic E-state index is 14.1. The van der Waals surface area contributed by atoms with Gasteiger partial charge >= 0.3 is 0 Å². The molecule has 7 nitrogen and oxygen atoms in total. The Balaban J connectivity index is 1.61. The summed E-state index contributed by atoms with van der Waals surface area (Å²) in [6.45, 7) is 1.73. The van der Waals surface area contributed by atoms with Gasteiger partial charge in [-0.1, -0.05) is 0 Å². The summed E-state index contributed by atoms with van der Waals surface area (Å²) in [5.74, 6) is -1.85. The van der Waals surface area contributed by atoms with E-state index in [1.807, 2.05) is 0 Å². The number of nitrogens with zero attached hydrogens (tertiary/aromatic N) is 3. The molecular formula is C21H20F2N4O3S. The zero-order chi connectivity index (χ0) is 21.9. The fraction of sp³-hybridized carbons (Fsp3) is 0.381.